The van der Waals surface area contributed by atoms with Gasteiger partial charge in [0.2, 0.25) is 5.89 Å². The molecule has 1 saturated heterocycles. The summed E-state index contributed by atoms with van der Waals surface area (Å²) >= 11 is 3.54. The van der Waals surface area contributed by atoms with Crippen molar-refractivity contribution in [3.8, 4) is 10.8 Å². The van der Waals surface area contributed by atoms with Crippen LogP contribution in [-0.2, 0) is 6.54 Å². The molecule has 4 rings (SSSR count). The zero-order valence-corrected chi connectivity index (χ0v) is 14.7. The average molecular weight is 345 g/mol. The highest BCUT2D eigenvalue weighted by atomic mass is 32.1. The third-order valence-electron chi connectivity index (χ3n) is 4.29. The Kier molecular flexibility index (Phi) is 4.29. The SMILES string of the molecule is Cc1ccc(-c2nnc(C3CCN(Cc4cccs4)CC3)o2)s1. The zero-order valence-electron chi connectivity index (χ0n) is 13.1. The molecule has 0 aliphatic carbocycles. The van der Waals surface area contributed by atoms with E-state index in [0.29, 0.717) is 11.8 Å². The summed E-state index contributed by atoms with van der Waals surface area (Å²) in [7, 11) is 0. The van der Waals surface area contributed by atoms with Gasteiger partial charge >= 0.3 is 0 Å². The molecule has 0 atom stereocenters. The van der Waals surface area contributed by atoms with Gasteiger partial charge in [-0.15, -0.1) is 32.9 Å². The van der Waals surface area contributed by atoms with Gasteiger partial charge in [-0.25, -0.2) is 0 Å². The second-order valence-corrected chi connectivity index (χ2v) is 8.31. The molecule has 4 heterocycles. The van der Waals surface area contributed by atoms with Crippen LogP contribution in [0.5, 0.6) is 0 Å². The van der Waals surface area contributed by atoms with Gasteiger partial charge in [0.05, 0.1) is 4.88 Å². The van der Waals surface area contributed by atoms with Gasteiger partial charge in [0, 0.05) is 22.2 Å². The number of piperidine rings is 1. The van der Waals surface area contributed by atoms with Gasteiger partial charge in [-0.05, 0) is 56.4 Å². The lowest BCUT2D eigenvalue weighted by atomic mass is 9.97. The highest BCUT2D eigenvalue weighted by molar-refractivity contribution is 7.15. The number of likely N-dealkylation sites (tertiary alicyclic amines) is 1. The molecule has 0 unspecified atom stereocenters. The van der Waals surface area contributed by atoms with E-state index in [2.05, 4.69) is 51.7 Å². The molecule has 0 saturated carbocycles. The quantitative estimate of drug-likeness (QED) is 0.696. The smallest absolute Gasteiger partial charge is 0.257 e. The summed E-state index contributed by atoms with van der Waals surface area (Å²) in [4.78, 5) is 6.29. The zero-order chi connectivity index (χ0) is 15.6. The Morgan fingerprint density at radius 3 is 2.78 bits per heavy atom. The van der Waals surface area contributed by atoms with Crippen LogP contribution in [0.15, 0.2) is 34.1 Å². The molecule has 23 heavy (non-hydrogen) atoms. The van der Waals surface area contributed by atoms with Gasteiger partial charge in [-0.1, -0.05) is 6.07 Å². The van der Waals surface area contributed by atoms with Gasteiger partial charge < -0.3 is 4.42 Å². The number of thiophene rings is 2. The van der Waals surface area contributed by atoms with Crippen molar-refractivity contribution in [3.63, 3.8) is 0 Å². The molecule has 0 radical (unpaired) electrons. The summed E-state index contributed by atoms with van der Waals surface area (Å²) < 4.78 is 5.94. The number of aromatic nitrogens is 2. The van der Waals surface area contributed by atoms with E-state index >= 15 is 0 Å². The normalized spacial score (nSPS) is 16.9. The highest BCUT2D eigenvalue weighted by Crippen LogP contribution is 2.32. The molecule has 0 spiro atoms. The summed E-state index contributed by atoms with van der Waals surface area (Å²) in [6, 6.07) is 8.48. The predicted molar refractivity (Wildman–Crippen MR) is 93.9 cm³/mol. The van der Waals surface area contributed by atoms with E-state index < -0.39 is 0 Å². The molecule has 1 aliphatic heterocycles. The van der Waals surface area contributed by atoms with Gasteiger partial charge in [0.1, 0.15) is 0 Å². The first-order chi connectivity index (χ1) is 11.3. The number of nitrogens with zero attached hydrogens (tertiary/aromatic N) is 3. The van der Waals surface area contributed by atoms with Crippen molar-refractivity contribution in [1.82, 2.24) is 15.1 Å². The minimum absolute atomic E-state index is 0.400. The Bertz CT molecular complexity index is 755. The summed E-state index contributed by atoms with van der Waals surface area (Å²) in [5.41, 5.74) is 0. The van der Waals surface area contributed by atoms with Crippen LogP contribution in [0.3, 0.4) is 0 Å². The minimum Gasteiger partial charge on any atom is -0.420 e. The predicted octanol–water partition coefficient (Wildman–Crippen LogP) is 4.55. The van der Waals surface area contributed by atoms with Crippen LogP contribution < -0.4 is 0 Å². The van der Waals surface area contributed by atoms with E-state index in [-0.39, 0.29) is 0 Å². The first-order valence-electron chi connectivity index (χ1n) is 7.93. The molecule has 3 aromatic heterocycles. The van der Waals surface area contributed by atoms with Crippen molar-refractivity contribution < 1.29 is 4.42 Å². The maximum Gasteiger partial charge on any atom is 0.257 e. The second kappa shape index (κ2) is 6.55. The summed E-state index contributed by atoms with van der Waals surface area (Å²) in [6.45, 7) is 5.35. The van der Waals surface area contributed by atoms with E-state index in [1.54, 1.807) is 11.3 Å². The second-order valence-electron chi connectivity index (χ2n) is 5.99. The lowest BCUT2D eigenvalue weighted by Gasteiger charge is -2.29. The molecule has 3 aromatic rings. The monoisotopic (exact) mass is 345 g/mol. The van der Waals surface area contributed by atoms with E-state index in [4.69, 9.17) is 4.42 Å². The van der Waals surface area contributed by atoms with Crippen molar-refractivity contribution in [3.05, 3.63) is 45.3 Å². The van der Waals surface area contributed by atoms with Crippen molar-refractivity contribution in [2.75, 3.05) is 13.1 Å². The molecule has 0 aromatic carbocycles. The molecular weight excluding hydrogens is 326 g/mol. The maximum absolute atomic E-state index is 5.94. The lowest BCUT2D eigenvalue weighted by Crippen LogP contribution is -2.32. The number of rotatable bonds is 4. The standard InChI is InChI=1S/C17H19N3OS2/c1-12-4-5-15(23-12)17-19-18-16(21-17)13-6-8-20(9-7-13)11-14-3-2-10-22-14/h2-5,10,13H,6-9,11H2,1H3. The van der Waals surface area contributed by atoms with Crippen LogP contribution in [0, 0.1) is 6.92 Å². The molecule has 6 heteroatoms. The minimum atomic E-state index is 0.400. The van der Waals surface area contributed by atoms with E-state index in [0.717, 1.165) is 43.2 Å². The van der Waals surface area contributed by atoms with Gasteiger partial charge in [0.15, 0.2) is 0 Å². The average Bonchev–Trinajstić information content (AvgIpc) is 3.29. The van der Waals surface area contributed by atoms with Crippen LogP contribution in [0.4, 0.5) is 0 Å². The Labute approximate surface area is 143 Å². The Morgan fingerprint density at radius 1 is 1.22 bits per heavy atom. The van der Waals surface area contributed by atoms with E-state index in [1.807, 2.05) is 11.3 Å². The van der Waals surface area contributed by atoms with Crippen molar-refractivity contribution in [1.29, 1.82) is 0 Å². The fourth-order valence-electron chi connectivity index (χ4n) is 3.01. The number of aryl methyl sites for hydroxylation is 1. The summed E-state index contributed by atoms with van der Waals surface area (Å²) in [5.74, 6) is 1.87. The lowest BCUT2D eigenvalue weighted by molar-refractivity contribution is 0.194. The molecular formula is C17H19N3OS2. The Morgan fingerprint density at radius 2 is 2.09 bits per heavy atom. The van der Waals surface area contributed by atoms with Crippen molar-refractivity contribution >= 4 is 22.7 Å². The van der Waals surface area contributed by atoms with Crippen LogP contribution in [-0.4, -0.2) is 28.2 Å². The van der Waals surface area contributed by atoms with Gasteiger partial charge in [-0.2, -0.15) is 0 Å². The molecule has 4 nitrogen and oxygen atoms in total. The summed E-state index contributed by atoms with van der Waals surface area (Å²) in [6.07, 6.45) is 2.19. The molecule has 0 bridgehead atoms. The van der Waals surface area contributed by atoms with Crippen molar-refractivity contribution in [2.45, 2.75) is 32.2 Å². The first-order valence-corrected chi connectivity index (χ1v) is 9.62. The number of hydrogen-bond donors (Lipinski definition) is 0. The van der Waals surface area contributed by atoms with E-state index in [1.165, 1.54) is 9.75 Å². The third-order valence-corrected chi connectivity index (χ3v) is 6.14. The fraction of sp³-hybridized carbons (Fsp3) is 0.412. The molecule has 1 aliphatic rings. The Balaban J connectivity index is 1.38. The first kappa shape index (κ1) is 15.1. The van der Waals surface area contributed by atoms with Crippen LogP contribution in [0.1, 0.15) is 34.4 Å². The molecule has 1 fully saturated rings. The van der Waals surface area contributed by atoms with Gasteiger partial charge in [-0.3, -0.25) is 4.90 Å². The largest absolute Gasteiger partial charge is 0.420 e. The molecule has 0 amide bonds. The Hall–Kier alpha value is -1.50. The molecule has 0 N–H and O–H groups in total. The highest BCUT2D eigenvalue weighted by Gasteiger charge is 2.25. The summed E-state index contributed by atoms with van der Waals surface area (Å²) in [5, 5.41) is 10.7. The van der Waals surface area contributed by atoms with Crippen LogP contribution in [0.25, 0.3) is 10.8 Å². The van der Waals surface area contributed by atoms with E-state index in [9.17, 15) is 0 Å². The van der Waals surface area contributed by atoms with Crippen LogP contribution in [0.2, 0.25) is 0 Å². The maximum atomic E-state index is 5.94. The van der Waals surface area contributed by atoms with Gasteiger partial charge in [0.25, 0.3) is 5.89 Å². The van der Waals surface area contributed by atoms with Crippen molar-refractivity contribution in [2.24, 2.45) is 0 Å². The third kappa shape index (κ3) is 3.39. The fourth-order valence-corrected chi connectivity index (χ4v) is 4.54. The van der Waals surface area contributed by atoms with Crippen LogP contribution >= 0.6 is 22.7 Å². The number of hydrogen-bond acceptors (Lipinski definition) is 6. The molecule has 120 valence electrons. The topological polar surface area (TPSA) is 42.2 Å².